The standard InChI is InChI=1S/C22H24F3N5O3/c1-21(10-26-11-21)19(32)27-15-4-2-3-5-16(15)30-9-13-7-6-12(8-14(13)18(30)31)17-28-20(33-29-17)22(23,24)25/h6-8,15-16,26H,2-5,9-11H2,1H3,(H,27,32)/t15-,16-/m1/s1. The van der Waals surface area contributed by atoms with E-state index in [1.807, 2.05) is 6.92 Å². The number of nitrogens with one attached hydrogen (secondary N) is 2. The molecule has 33 heavy (non-hydrogen) atoms. The summed E-state index contributed by atoms with van der Waals surface area (Å²) in [6.07, 6.45) is -1.21. The fourth-order valence-corrected chi connectivity index (χ4v) is 4.84. The van der Waals surface area contributed by atoms with Crippen molar-refractivity contribution in [2.75, 3.05) is 13.1 Å². The van der Waals surface area contributed by atoms with Gasteiger partial charge in [-0.25, -0.2) is 0 Å². The van der Waals surface area contributed by atoms with Crippen LogP contribution >= 0.6 is 0 Å². The number of aromatic nitrogens is 2. The molecule has 2 aromatic rings. The highest BCUT2D eigenvalue weighted by molar-refractivity contribution is 5.99. The van der Waals surface area contributed by atoms with Gasteiger partial charge in [0.2, 0.25) is 11.7 Å². The minimum Gasteiger partial charge on any atom is -0.351 e. The van der Waals surface area contributed by atoms with Gasteiger partial charge in [0.05, 0.1) is 11.5 Å². The minimum atomic E-state index is -4.73. The number of carbonyl (C=O) groups is 2. The Hall–Kier alpha value is -2.95. The summed E-state index contributed by atoms with van der Waals surface area (Å²) < 4.78 is 42.7. The molecule has 3 aliphatic rings. The van der Waals surface area contributed by atoms with E-state index in [1.54, 1.807) is 17.0 Å². The number of hydrogen-bond acceptors (Lipinski definition) is 6. The molecule has 176 valence electrons. The number of amides is 2. The third-order valence-corrected chi connectivity index (χ3v) is 6.89. The second kappa shape index (κ2) is 7.82. The molecule has 0 bridgehead atoms. The average Bonchev–Trinajstić information content (AvgIpc) is 3.38. The molecule has 1 saturated heterocycles. The first-order valence-electron chi connectivity index (χ1n) is 11.0. The fourth-order valence-electron chi connectivity index (χ4n) is 4.84. The SMILES string of the molecule is CC1(C(=O)N[C@@H]2CCCC[C@H]2N2Cc3ccc(-c4noc(C(F)(F)F)n4)cc3C2=O)CNC1. The molecule has 1 aliphatic carbocycles. The summed E-state index contributed by atoms with van der Waals surface area (Å²) in [6.45, 7) is 3.60. The van der Waals surface area contributed by atoms with Crippen LogP contribution in [0.15, 0.2) is 22.7 Å². The Morgan fingerprint density at radius 1 is 1.27 bits per heavy atom. The number of alkyl halides is 3. The number of nitrogens with zero attached hydrogens (tertiary/aromatic N) is 3. The molecule has 8 nitrogen and oxygen atoms in total. The molecule has 2 aliphatic heterocycles. The number of carbonyl (C=O) groups excluding carboxylic acids is 2. The Morgan fingerprint density at radius 3 is 2.70 bits per heavy atom. The van der Waals surface area contributed by atoms with Gasteiger partial charge in [0.1, 0.15) is 0 Å². The summed E-state index contributed by atoms with van der Waals surface area (Å²) in [4.78, 5) is 31.3. The maximum atomic E-state index is 13.3. The lowest BCUT2D eigenvalue weighted by Gasteiger charge is -2.42. The predicted molar refractivity (Wildman–Crippen MR) is 110 cm³/mol. The van der Waals surface area contributed by atoms with Crippen LogP contribution in [0.5, 0.6) is 0 Å². The van der Waals surface area contributed by atoms with Gasteiger partial charge in [-0.15, -0.1) is 0 Å². The van der Waals surface area contributed by atoms with Gasteiger partial charge in [-0.1, -0.05) is 30.1 Å². The van der Waals surface area contributed by atoms with E-state index in [0.717, 1.165) is 31.2 Å². The maximum Gasteiger partial charge on any atom is 0.471 e. The summed E-state index contributed by atoms with van der Waals surface area (Å²) in [5, 5.41) is 9.72. The van der Waals surface area contributed by atoms with Crippen LogP contribution in [0.25, 0.3) is 11.4 Å². The first kappa shape index (κ1) is 21.9. The van der Waals surface area contributed by atoms with Crippen molar-refractivity contribution < 1.29 is 27.3 Å². The lowest BCUT2D eigenvalue weighted by molar-refractivity contribution is -0.159. The molecule has 0 radical (unpaired) electrons. The molecule has 1 aromatic heterocycles. The van der Waals surface area contributed by atoms with Crippen LogP contribution in [-0.2, 0) is 17.5 Å². The van der Waals surface area contributed by atoms with E-state index in [1.165, 1.54) is 6.07 Å². The van der Waals surface area contributed by atoms with Crippen molar-refractivity contribution in [2.45, 2.75) is 57.4 Å². The normalized spacial score (nSPS) is 24.4. The third kappa shape index (κ3) is 3.88. The molecule has 0 spiro atoms. The molecule has 1 aromatic carbocycles. The van der Waals surface area contributed by atoms with E-state index in [9.17, 15) is 22.8 Å². The summed E-state index contributed by atoms with van der Waals surface area (Å²) in [5.74, 6) is -1.85. The smallest absolute Gasteiger partial charge is 0.351 e. The van der Waals surface area contributed by atoms with Gasteiger partial charge in [-0.2, -0.15) is 18.2 Å². The van der Waals surface area contributed by atoms with Crippen LogP contribution in [-0.4, -0.2) is 52.0 Å². The molecule has 2 atom stereocenters. The van der Waals surface area contributed by atoms with Gasteiger partial charge in [-0.05, 0) is 31.4 Å². The van der Waals surface area contributed by atoms with Crippen LogP contribution < -0.4 is 10.6 Å². The molecule has 2 amide bonds. The van der Waals surface area contributed by atoms with Crippen molar-refractivity contribution >= 4 is 11.8 Å². The highest BCUT2D eigenvalue weighted by Gasteiger charge is 2.44. The fraction of sp³-hybridized carbons (Fsp3) is 0.545. The minimum absolute atomic E-state index is 0.00201. The first-order valence-corrected chi connectivity index (χ1v) is 11.0. The second-order valence-corrected chi connectivity index (χ2v) is 9.32. The van der Waals surface area contributed by atoms with Crippen molar-refractivity contribution in [2.24, 2.45) is 5.41 Å². The van der Waals surface area contributed by atoms with E-state index in [2.05, 4.69) is 25.3 Å². The Morgan fingerprint density at radius 2 is 2.03 bits per heavy atom. The van der Waals surface area contributed by atoms with Crippen molar-refractivity contribution in [3.05, 3.63) is 35.2 Å². The number of benzene rings is 1. The van der Waals surface area contributed by atoms with Crippen LogP contribution in [0, 0.1) is 5.41 Å². The molecule has 5 rings (SSSR count). The zero-order valence-corrected chi connectivity index (χ0v) is 18.0. The molecular weight excluding hydrogens is 439 g/mol. The predicted octanol–water partition coefficient (Wildman–Crippen LogP) is 2.75. The molecule has 2 fully saturated rings. The molecule has 0 unspecified atom stereocenters. The monoisotopic (exact) mass is 463 g/mol. The van der Waals surface area contributed by atoms with Gasteiger partial charge < -0.3 is 20.1 Å². The van der Waals surface area contributed by atoms with Crippen LogP contribution in [0.4, 0.5) is 13.2 Å². The summed E-state index contributed by atoms with van der Waals surface area (Å²) in [5.41, 5.74) is 1.06. The maximum absolute atomic E-state index is 13.3. The van der Waals surface area contributed by atoms with Crippen molar-refractivity contribution in [3.8, 4) is 11.4 Å². The van der Waals surface area contributed by atoms with Crippen LogP contribution in [0.2, 0.25) is 0 Å². The van der Waals surface area contributed by atoms with E-state index >= 15 is 0 Å². The van der Waals surface area contributed by atoms with Crippen LogP contribution in [0.3, 0.4) is 0 Å². The Bertz CT molecular complexity index is 1100. The molecule has 3 heterocycles. The van der Waals surface area contributed by atoms with Crippen molar-refractivity contribution in [1.29, 1.82) is 0 Å². The second-order valence-electron chi connectivity index (χ2n) is 9.32. The zero-order valence-electron chi connectivity index (χ0n) is 18.0. The van der Waals surface area contributed by atoms with E-state index in [4.69, 9.17) is 0 Å². The topological polar surface area (TPSA) is 100 Å². The summed E-state index contributed by atoms with van der Waals surface area (Å²) >= 11 is 0. The van der Waals surface area contributed by atoms with E-state index < -0.39 is 17.5 Å². The molecule has 11 heteroatoms. The van der Waals surface area contributed by atoms with Gasteiger partial charge in [0.15, 0.2) is 0 Å². The number of halogens is 3. The first-order chi connectivity index (χ1) is 15.7. The molecule has 1 saturated carbocycles. The Balaban J connectivity index is 1.35. The number of rotatable bonds is 4. The van der Waals surface area contributed by atoms with E-state index in [-0.39, 0.29) is 35.3 Å². The zero-order chi connectivity index (χ0) is 23.4. The van der Waals surface area contributed by atoms with Crippen molar-refractivity contribution in [1.82, 2.24) is 25.7 Å². The Kier molecular flexibility index (Phi) is 5.19. The van der Waals surface area contributed by atoms with Gasteiger partial charge in [0, 0.05) is 36.8 Å². The number of hydrogen-bond donors (Lipinski definition) is 2. The van der Waals surface area contributed by atoms with Crippen molar-refractivity contribution in [3.63, 3.8) is 0 Å². The quantitative estimate of drug-likeness (QED) is 0.723. The Labute approximate surface area is 187 Å². The summed E-state index contributed by atoms with van der Waals surface area (Å²) in [7, 11) is 0. The largest absolute Gasteiger partial charge is 0.471 e. The number of fused-ring (bicyclic) bond motifs is 1. The van der Waals surface area contributed by atoms with Gasteiger partial charge in [-0.3, -0.25) is 9.59 Å². The highest BCUT2D eigenvalue weighted by atomic mass is 19.4. The van der Waals surface area contributed by atoms with Gasteiger partial charge >= 0.3 is 12.1 Å². The van der Waals surface area contributed by atoms with Gasteiger partial charge in [0.25, 0.3) is 5.91 Å². The third-order valence-electron chi connectivity index (χ3n) is 6.89. The highest BCUT2D eigenvalue weighted by Crippen LogP contribution is 2.35. The lowest BCUT2D eigenvalue weighted by Crippen LogP contribution is -2.63. The molecular formula is C22H24F3N5O3. The molecule has 2 N–H and O–H groups in total. The van der Waals surface area contributed by atoms with Crippen LogP contribution in [0.1, 0.15) is 54.4 Å². The average molecular weight is 463 g/mol. The summed E-state index contributed by atoms with van der Waals surface area (Å²) in [6, 6.07) is 4.55. The van der Waals surface area contributed by atoms with E-state index in [0.29, 0.717) is 25.2 Å². The lowest BCUT2D eigenvalue weighted by atomic mass is 9.81.